The average molecular weight is 805 g/mol. The maximum absolute atomic E-state index is 8.31. The number of rotatable bonds is 4. The first kappa shape index (κ1) is 30.7. The van der Waals surface area contributed by atoms with E-state index >= 15 is 0 Å². The average Bonchev–Trinajstić information content (AvgIpc) is 4.00. The van der Waals surface area contributed by atoms with Crippen molar-refractivity contribution in [3.63, 3.8) is 0 Å². The van der Waals surface area contributed by atoms with Gasteiger partial charge in [0.05, 0.1) is 0 Å². The van der Waals surface area contributed by atoms with E-state index in [1.54, 1.807) is 0 Å². The second kappa shape index (κ2) is 12.0. The molecule has 2 aromatic heterocycles. The van der Waals surface area contributed by atoms with E-state index in [2.05, 4.69) is 151 Å². The van der Waals surface area contributed by atoms with Gasteiger partial charge >= 0.3 is 310 Å². The van der Waals surface area contributed by atoms with Crippen LogP contribution < -0.4 is 10.7 Å². The van der Waals surface area contributed by atoms with Crippen molar-refractivity contribution < 1.29 is 0 Å². The number of aliphatic imine (C=N–C) groups is 2. The second-order valence-corrected chi connectivity index (χ2v) is 25.1. The molecule has 0 atom stereocenters. The Kier molecular flexibility index (Phi) is 7.22. The summed E-state index contributed by atoms with van der Waals surface area (Å²) in [6.07, 6.45) is 8.51. The molecule has 4 aromatic carbocycles. The predicted octanol–water partition coefficient (Wildman–Crippen LogP) is 8.56. The first-order valence-corrected chi connectivity index (χ1v) is 25.6. The zero-order valence-corrected chi connectivity index (χ0v) is 31.2. The fourth-order valence-corrected chi connectivity index (χ4v) is 17.4. The van der Waals surface area contributed by atoms with Gasteiger partial charge in [-0.3, -0.25) is 0 Å². The number of allylic oxidation sites excluding steroid dienone is 4. The number of nitrogens with zero attached hydrogens (tertiary/aromatic N) is 4. The normalized spacial score (nSPS) is 16.8. The quantitative estimate of drug-likeness (QED) is 0.160. The van der Waals surface area contributed by atoms with Gasteiger partial charge in [0.25, 0.3) is 0 Å². The van der Waals surface area contributed by atoms with Gasteiger partial charge in [-0.05, 0) is 0 Å². The summed E-state index contributed by atoms with van der Waals surface area (Å²) >= 11 is -4.79. The fourth-order valence-electron chi connectivity index (χ4n) is 7.63. The van der Waals surface area contributed by atoms with Crippen LogP contribution in [-0.2, 0) is 0 Å². The molecule has 0 radical (unpaired) electrons. The maximum atomic E-state index is 8.31. The first-order chi connectivity index (χ1) is 25.1. The molecule has 7 heteroatoms. The molecule has 0 saturated carbocycles. The second-order valence-electron chi connectivity index (χ2n) is 12.7. The van der Waals surface area contributed by atoms with E-state index in [9.17, 15) is 0 Å². The minimum absolute atomic E-state index is 0.864. The van der Waals surface area contributed by atoms with E-state index in [-0.39, 0.29) is 0 Å². The number of hydrogen-bond donors (Lipinski definition) is 0. The molecule has 51 heavy (non-hydrogen) atoms. The van der Waals surface area contributed by atoms with Crippen molar-refractivity contribution in [1.82, 2.24) is 5.45 Å². The molecule has 0 spiro atoms. The molecule has 0 fully saturated rings. The standard InChI is InChI=1S/C44H28N4.2ClH.Sb/c1-5-13-29(14-6-1)41-33-21-23-35(45-33)42(30-15-7-2-8-16-30)37-25-27-39(47-37)44(32-19-11-4-12-20-32)40-28-26-38(48-40)43(31-17-9-3-10-18-31)36-24-22-34(41)46-36;;;/h1-28H;2*1H;/q-2;;;+5/p-2. The Morgan fingerprint density at radius 1 is 0.373 bits per heavy atom. The number of fused-ring (bicyclic) bond motifs is 2. The fraction of sp³-hybridized carbons (Fsp3) is 0. The van der Waals surface area contributed by atoms with Crippen LogP contribution in [0.25, 0.3) is 22.3 Å². The molecule has 10 rings (SSSR count). The van der Waals surface area contributed by atoms with Gasteiger partial charge in [0.2, 0.25) is 0 Å². The molecule has 0 unspecified atom stereocenters. The molecule has 6 heterocycles. The molecule has 4 aliphatic heterocycles. The number of hydrogen-bond acceptors (Lipinski definition) is 2. The Hall–Kier alpha value is -5.12. The van der Waals surface area contributed by atoms with E-state index < -0.39 is 17.1 Å². The van der Waals surface area contributed by atoms with Gasteiger partial charge in [-0.25, -0.2) is 0 Å². The van der Waals surface area contributed by atoms with Crippen LogP contribution in [0.3, 0.4) is 0 Å². The molecule has 0 amide bonds. The first-order valence-electron chi connectivity index (χ1n) is 16.8. The third-order valence-corrected chi connectivity index (χ3v) is 19.0. The minimum atomic E-state index is -4.79. The SMILES string of the molecule is [Cl][Sb+]1([Cl])[n]2c3ccc2C(c2ccccc2)=C2C=CC(=N2)C(c2ccccc2)=c2ccc([n]21)=C(c1ccccc1)C1=NC(=C3c2ccccc2)C=C1. The van der Waals surface area contributed by atoms with Gasteiger partial charge in [0.1, 0.15) is 0 Å². The van der Waals surface area contributed by atoms with Crippen molar-refractivity contribution in [1.29, 1.82) is 0 Å². The summed E-state index contributed by atoms with van der Waals surface area (Å²) in [7, 11) is 16.6. The van der Waals surface area contributed by atoms with Crippen LogP contribution in [0.5, 0.6) is 0 Å². The molecule has 242 valence electrons. The molecule has 6 aromatic rings. The molecular weight excluding hydrogens is 777 g/mol. The van der Waals surface area contributed by atoms with E-state index in [1.807, 2.05) is 24.3 Å². The van der Waals surface area contributed by atoms with E-state index in [0.29, 0.717) is 0 Å². The zero-order valence-electron chi connectivity index (χ0n) is 27.2. The van der Waals surface area contributed by atoms with Crippen LogP contribution in [0, 0.1) is 0 Å². The summed E-state index contributed by atoms with van der Waals surface area (Å²) in [5.41, 5.74) is 13.4. The zero-order chi connectivity index (χ0) is 34.1. The summed E-state index contributed by atoms with van der Waals surface area (Å²) in [4.78, 5) is 10.8. The van der Waals surface area contributed by atoms with Crippen LogP contribution in [0.15, 0.2) is 191 Å². The molecule has 4 aliphatic rings. The summed E-state index contributed by atoms with van der Waals surface area (Å²) in [5, 5.41) is 1.85. The van der Waals surface area contributed by atoms with Gasteiger partial charge in [-0.2, -0.15) is 0 Å². The predicted molar refractivity (Wildman–Crippen MR) is 212 cm³/mol. The van der Waals surface area contributed by atoms with Crippen LogP contribution in [0.1, 0.15) is 33.6 Å². The number of benzene rings is 4. The van der Waals surface area contributed by atoms with E-state index in [1.165, 1.54) is 0 Å². The van der Waals surface area contributed by atoms with E-state index in [4.69, 9.17) is 27.6 Å². The van der Waals surface area contributed by atoms with Crippen LogP contribution in [-0.4, -0.2) is 34.0 Å². The van der Waals surface area contributed by atoms with Gasteiger partial charge in [-0.1, -0.05) is 0 Å². The summed E-state index contributed by atoms with van der Waals surface area (Å²) in [6, 6.07) is 50.4. The Morgan fingerprint density at radius 3 is 1.10 bits per heavy atom. The summed E-state index contributed by atoms with van der Waals surface area (Å²) < 4.78 is 4.54. The van der Waals surface area contributed by atoms with Crippen LogP contribution in [0.4, 0.5) is 0 Å². The third-order valence-electron chi connectivity index (χ3n) is 9.77. The van der Waals surface area contributed by atoms with Crippen molar-refractivity contribution >= 4 is 68.4 Å². The van der Waals surface area contributed by atoms with Crippen molar-refractivity contribution in [3.05, 3.63) is 226 Å². The molecule has 6 bridgehead atoms. The number of halogens is 2. The topological polar surface area (TPSA) is 34.6 Å². The van der Waals surface area contributed by atoms with Gasteiger partial charge in [-0.15, -0.1) is 0 Å². The Labute approximate surface area is 307 Å². The van der Waals surface area contributed by atoms with Crippen LogP contribution >= 0.6 is 17.7 Å². The van der Waals surface area contributed by atoms with Crippen molar-refractivity contribution in [2.45, 2.75) is 0 Å². The van der Waals surface area contributed by atoms with Crippen LogP contribution in [0.2, 0.25) is 0 Å². The van der Waals surface area contributed by atoms with E-state index in [0.717, 1.165) is 89.4 Å². The van der Waals surface area contributed by atoms with Gasteiger partial charge < -0.3 is 0 Å². The van der Waals surface area contributed by atoms with Crippen molar-refractivity contribution in [3.8, 4) is 0 Å². The van der Waals surface area contributed by atoms with Gasteiger partial charge in [0.15, 0.2) is 0 Å². The number of aromatic nitrogens is 2. The Balaban J connectivity index is 1.48. The van der Waals surface area contributed by atoms with Crippen molar-refractivity contribution in [2.24, 2.45) is 9.98 Å². The summed E-state index contributed by atoms with van der Waals surface area (Å²) in [5.74, 6) is 0. The monoisotopic (exact) mass is 803 g/mol. The third kappa shape index (κ3) is 4.82. The van der Waals surface area contributed by atoms with Crippen molar-refractivity contribution in [2.75, 3.05) is 0 Å². The molecule has 0 saturated heterocycles. The molecule has 4 nitrogen and oxygen atoms in total. The Morgan fingerprint density at radius 2 is 0.725 bits per heavy atom. The molecule has 0 aliphatic carbocycles. The molecular formula is C44H28Cl2N4Sb+. The molecule has 0 N–H and O–H groups in total. The Bertz CT molecular complexity index is 2550. The summed E-state index contributed by atoms with van der Waals surface area (Å²) in [6.45, 7) is 0. The van der Waals surface area contributed by atoms with Gasteiger partial charge in [0, 0.05) is 0 Å².